The fourth-order valence-corrected chi connectivity index (χ4v) is 1.98. The fourth-order valence-electron chi connectivity index (χ4n) is 1.98. The molecule has 1 aliphatic heterocycles. The van der Waals surface area contributed by atoms with Crippen molar-refractivity contribution < 1.29 is 9.59 Å². The van der Waals surface area contributed by atoms with Gasteiger partial charge in [-0.1, -0.05) is 0 Å². The first-order chi connectivity index (χ1) is 8.09. The number of carbonyl (C=O) groups is 2. The summed E-state index contributed by atoms with van der Waals surface area (Å²) in [6, 6.07) is 3.16. The summed E-state index contributed by atoms with van der Waals surface area (Å²) in [5.74, 6) is -0.160. The summed E-state index contributed by atoms with van der Waals surface area (Å²) in [6.07, 6.45) is 3.37. The normalized spacial score (nSPS) is 22.2. The number of rotatable bonds is 2. The van der Waals surface area contributed by atoms with E-state index in [2.05, 4.69) is 10.3 Å². The maximum atomic E-state index is 12.0. The fraction of sp³-hybridized carbons (Fsp3) is 0.417. The minimum absolute atomic E-state index is 0.0473. The Labute approximate surface area is 99.8 Å². The maximum absolute atomic E-state index is 12.0. The highest BCUT2D eigenvalue weighted by atomic mass is 16.2. The Morgan fingerprint density at radius 1 is 1.41 bits per heavy atom. The third-order valence-electron chi connectivity index (χ3n) is 3.00. The molecule has 17 heavy (non-hydrogen) atoms. The Morgan fingerprint density at radius 2 is 2.06 bits per heavy atom. The molecular formula is C12H15N3O2. The number of hydrogen-bond acceptors (Lipinski definition) is 3. The summed E-state index contributed by atoms with van der Waals surface area (Å²) in [7, 11) is 0. The predicted octanol–water partition coefficient (Wildman–Crippen LogP) is 0.489. The lowest BCUT2D eigenvalue weighted by molar-refractivity contribution is -0.145. The molecule has 0 radical (unpaired) electrons. The number of carbonyl (C=O) groups excluding carboxylic acids is 2. The highest BCUT2D eigenvalue weighted by Crippen LogP contribution is 2.21. The second-order valence-electron chi connectivity index (χ2n) is 4.21. The summed E-state index contributed by atoms with van der Waals surface area (Å²) < 4.78 is 0. The molecule has 2 rings (SSSR count). The van der Waals surface area contributed by atoms with Gasteiger partial charge in [0.15, 0.2) is 0 Å². The topological polar surface area (TPSA) is 62.3 Å². The average Bonchev–Trinajstić information content (AvgIpc) is 2.34. The number of piperazine rings is 1. The maximum Gasteiger partial charge on any atom is 0.245 e. The third kappa shape index (κ3) is 2.27. The molecule has 2 heterocycles. The Morgan fingerprint density at radius 3 is 2.71 bits per heavy atom. The van der Waals surface area contributed by atoms with Crippen molar-refractivity contribution >= 4 is 11.8 Å². The van der Waals surface area contributed by atoms with E-state index in [0.29, 0.717) is 0 Å². The van der Waals surface area contributed by atoms with Crippen LogP contribution < -0.4 is 5.32 Å². The summed E-state index contributed by atoms with van der Waals surface area (Å²) in [5.41, 5.74) is 0.982. The highest BCUT2D eigenvalue weighted by Gasteiger charge is 2.32. The number of hydrogen-bond donors (Lipinski definition) is 1. The van der Waals surface area contributed by atoms with Crippen molar-refractivity contribution in [3.8, 4) is 0 Å². The molecule has 5 nitrogen and oxygen atoms in total. The number of aromatic nitrogens is 1. The van der Waals surface area contributed by atoms with E-state index in [1.165, 1.54) is 0 Å². The molecule has 2 atom stereocenters. The lowest BCUT2D eigenvalue weighted by atomic mass is 10.1. The quantitative estimate of drug-likeness (QED) is 0.808. The molecule has 0 saturated carbocycles. The van der Waals surface area contributed by atoms with Gasteiger partial charge in [-0.05, 0) is 31.5 Å². The van der Waals surface area contributed by atoms with Crippen LogP contribution in [-0.2, 0) is 9.59 Å². The first kappa shape index (κ1) is 11.6. The van der Waals surface area contributed by atoms with Gasteiger partial charge >= 0.3 is 0 Å². The molecule has 1 aromatic heterocycles. The van der Waals surface area contributed by atoms with Crippen molar-refractivity contribution in [3.63, 3.8) is 0 Å². The van der Waals surface area contributed by atoms with Crippen molar-refractivity contribution in [1.29, 1.82) is 0 Å². The molecule has 1 aromatic rings. The zero-order valence-corrected chi connectivity index (χ0v) is 9.88. The minimum atomic E-state index is -0.444. The first-order valence-electron chi connectivity index (χ1n) is 5.59. The Bertz CT molecular complexity index is 433. The molecule has 0 spiro atoms. The van der Waals surface area contributed by atoms with E-state index in [1.807, 2.05) is 19.1 Å². The number of amides is 2. The summed E-state index contributed by atoms with van der Waals surface area (Å²) in [5, 5.41) is 2.62. The molecule has 0 aromatic carbocycles. The zero-order valence-electron chi connectivity index (χ0n) is 9.88. The van der Waals surface area contributed by atoms with Crippen molar-refractivity contribution in [1.82, 2.24) is 15.2 Å². The number of nitrogens with zero attached hydrogens (tertiary/aromatic N) is 2. The van der Waals surface area contributed by atoms with Gasteiger partial charge in [0.2, 0.25) is 11.8 Å². The van der Waals surface area contributed by atoms with Gasteiger partial charge in [-0.15, -0.1) is 0 Å². The van der Waals surface area contributed by atoms with Crippen LogP contribution in [0.4, 0.5) is 0 Å². The third-order valence-corrected chi connectivity index (χ3v) is 3.00. The summed E-state index contributed by atoms with van der Waals surface area (Å²) >= 11 is 0. The van der Waals surface area contributed by atoms with E-state index < -0.39 is 6.04 Å². The SMILES string of the molecule is CC1NC(=O)CN(C(C)c2ccncc2)C1=O. The lowest BCUT2D eigenvalue weighted by Gasteiger charge is -2.35. The van der Waals surface area contributed by atoms with Gasteiger partial charge < -0.3 is 10.2 Å². The van der Waals surface area contributed by atoms with Crippen LogP contribution >= 0.6 is 0 Å². The molecule has 5 heteroatoms. The zero-order chi connectivity index (χ0) is 12.4. The molecule has 1 aliphatic rings. The van der Waals surface area contributed by atoms with Gasteiger partial charge in [-0.3, -0.25) is 14.6 Å². The second kappa shape index (κ2) is 4.53. The van der Waals surface area contributed by atoms with E-state index in [0.717, 1.165) is 5.56 Å². The predicted molar refractivity (Wildman–Crippen MR) is 62.0 cm³/mol. The molecule has 90 valence electrons. The van der Waals surface area contributed by atoms with Crippen LogP contribution in [-0.4, -0.2) is 34.3 Å². The molecule has 1 saturated heterocycles. The van der Waals surface area contributed by atoms with Gasteiger partial charge in [0.25, 0.3) is 0 Å². The summed E-state index contributed by atoms with van der Waals surface area (Å²) in [6.45, 7) is 3.73. The van der Waals surface area contributed by atoms with Gasteiger partial charge in [0, 0.05) is 12.4 Å². The Balaban J connectivity index is 2.21. The summed E-state index contributed by atoms with van der Waals surface area (Å²) in [4.78, 5) is 29.0. The second-order valence-corrected chi connectivity index (χ2v) is 4.21. The molecule has 2 amide bonds. The van der Waals surface area contributed by atoms with E-state index in [9.17, 15) is 9.59 Å². The van der Waals surface area contributed by atoms with Crippen LogP contribution in [0.15, 0.2) is 24.5 Å². The molecule has 0 bridgehead atoms. The number of pyridine rings is 1. The van der Waals surface area contributed by atoms with Crippen LogP contribution in [0.25, 0.3) is 0 Å². The average molecular weight is 233 g/mol. The van der Waals surface area contributed by atoms with E-state index >= 15 is 0 Å². The molecular weight excluding hydrogens is 218 g/mol. The smallest absolute Gasteiger partial charge is 0.245 e. The van der Waals surface area contributed by atoms with E-state index in [-0.39, 0.29) is 24.4 Å². The van der Waals surface area contributed by atoms with Gasteiger partial charge in [0.1, 0.15) is 12.6 Å². The van der Waals surface area contributed by atoms with Crippen molar-refractivity contribution in [3.05, 3.63) is 30.1 Å². The van der Waals surface area contributed by atoms with Crippen LogP contribution in [0.3, 0.4) is 0 Å². The lowest BCUT2D eigenvalue weighted by Crippen LogP contribution is -2.57. The van der Waals surface area contributed by atoms with E-state index in [4.69, 9.17) is 0 Å². The molecule has 0 aliphatic carbocycles. The van der Waals surface area contributed by atoms with Gasteiger partial charge in [-0.2, -0.15) is 0 Å². The highest BCUT2D eigenvalue weighted by molar-refractivity contribution is 5.94. The van der Waals surface area contributed by atoms with E-state index in [1.54, 1.807) is 24.2 Å². The monoisotopic (exact) mass is 233 g/mol. The van der Waals surface area contributed by atoms with Crippen LogP contribution in [0.2, 0.25) is 0 Å². The van der Waals surface area contributed by atoms with Crippen molar-refractivity contribution in [2.24, 2.45) is 0 Å². The molecule has 2 unspecified atom stereocenters. The number of nitrogens with one attached hydrogen (secondary N) is 1. The van der Waals surface area contributed by atoms with Crippen LogP contribution in [0.1, 0.15) is 25.5 Å². The first-order valence-corrected chi connectivity index (χ1v) is 5.59. The largest absolute Gasteiger partial charge is 0.343 e. The van der Waals surface area contributed by atoms with Gasteiger partial charge in [0.05, 0.1) is 6.04 Å². The standard InChI is InChI=1S/C12H15N3O2/c1-8-12(17)15(7-11(16)14-8)9(2)10-3-5-13-6-4-10/h3-6,8-9H,7H2,1-2H3,(H,14,16). The Hall–Kier alpha value is -1.91. The van der Waals surface area contributed by atoms with Gasteiger partial charge in [-0.25, -0.2) is 0 Å². The van der Waals surface area contributed by atoms with Crippen LogP contribution in [0, 0.1) is 0 Å². The van der Waals surface area contributed by atoms with Crippen molar-refractivity contribution in [2.75, 3.05) is 6.54 Å². The molecule has 1 N–H and O–H groups in total. The van der Waals surface area contributed by atoms with Crippen LogP contribution in [0.5, 0.6) is 0 Å². The minimum Gasteiger partial charge on any atom is -0.343 e. The van der Waals surface area contributed by atoms with Crippen molar-refractivity contribution in [2.45, 2.75) is 25.9 Å². The Kier molecular flexibility index (Phi) is 3.08. The molecule has 1 fully saturated rings.